The summed E-state index contributed by atoms with van der Waals surface area (Å²) in [6.45, 7) is 12.1. The molecule has 2 heterocycles. The molecule has 32 heavy (non-hydrogen) atoms. The minimum Gasteiger partial charge on any atom is -1.00 e. The molecule has 2 saturated heterocycles. The number of hydrogen-bond donors (Lipinski definition) is 3. The quantitative estimate of drug-likeness (QED) is 0.351. The number of aliphatic hydroxyl groups is 1. The Morgan fingerprint density at radius 2 is 1.62 bits per heavy atom. The number of piperidine rings is 1. The Hall–Kier alpha value is -1.18. The number of nitrogens with zero attached hydrogens (tertiary/aromatic N) is 1. The number of carbonyl (C=O) groups excluding carboxylic acids is 2. The van der Waals surface area contributed by atoms with Crippen molar-refractivity contribution >= 4 is 11.8 Å². The summed E-state index contributed by atoms with van der Waals surface area (Å²) in [6, 6.07) is 10.6. The van der Waals surface area contributed by atoms with Gasteiger partial charge >= 0.3 is 0 Å². The third kappa shape index (κ3) is 4.85. The number of benzene rings is 1. The average Bonchev–Trinajstić information content (AvgIpc) is 2.91. The molecule has 0 spiro atoms. The monoisotopic (exact) mass is 485 g/mol. The van der Waals surface area contributed by atoms with Gasteiger partial charge in [0.1, 0.15) is 45.4 Å². The largest absolute Gasteiger partial charge is 1.00 e. The van der Waals surface area contributed by atoms with E-state index in [1.807, 2.05) is 13.0 Å². The van der Waals surface area contributed by atoms with Crippen LogP contribution in [0.15, 0.2) is 30.3 Å². The van der Waals surface area contributed by atoms with Crippen LogP contribution in [0, 0.1) is 16.7 Å². The summed E-state index contributed by atoms with van der Waals surface area (Å²) in [5, 5.41) is 10.7. The fourth-order valence-electron chi connectivity index (χ4n) is 5.91. The van der Waals surface area contributed by atoms with Gasteiger partial charge in [0.2, 0.25) is 11.8 Å². The molecule has 1 saturated carbocycles. The summed E-state index contributed by atoms with van der Waals surface area (Å²) in [6.07, 6.45) is 0.880. The molecular weight excluding hydrogens is 449 g/mol. The summed E-state index contributed by atoms with van der Waals surface area (Å²) < 4.78 is 0. The van der Waals surface area contributed by atoms with E-state index in [-0.39, 0.29) is 54.5 Å². The Kier molecular flexibility index (Phi) is 8.79. The maximum absolute atomic E-state index is 13.2. The van der Waals surface area contributed by atoms with Crippen LogP contribution in [0.3, 0.4) is 0 Å². The molecule has 3 N–H and O–H groups in total. The SMILES string of the molecule is CC12CCC(C(=O)N(CC(O)C[NH+]3CC[NH+](Cc4ccccc4)CC3)C1=O)C2(C)C.[Cl-].[Cl-]. The number of quaternary nitrogens is 2. The zero-order valence-electron chi connectivity index (χ0n) is 19.4. The van der Waals surface area contributed by atoms with E-state index in [0.717, 1.165) is 45.6 Å². The van der Waals surface area contributed by atoms with E-state index in [9.17, 15) is 14.7 Å². The molecule has 3 fully saturated rings. The maximum Gasteiger partial charge on any atom is 0.235 e. The van der Waals surface area contributed by atoms with E-state index in [2.05, 4.69) is 38.1 Å². The highest BCUT2D eigenvalue weighted by atomic mass is 35.5. The molecule has 0 radical (unpaired) electrons. The minimum absolute atomic E-state index is 0. The lowest BCUT2D eigenvalue weighted by Gasteiger charge is -2.48. The molecule has 1 aromatic carbocycles. The van der Waals surface area contributed by atoms with Crippen LogP contribution in [0.2, 0.25) is 0 Å². The van der Waals surface area contributed by atoms with Crippen LogP contribution >= 0.6 is 0 Å². The van der Waals surface area contributed by atoms with Crippen LogP contribution in [0.5, 0.6) is 0 Å². The van der Waals surface area contributed by atoms with Gasteiger partial charge in [0, 0.05) is 11.5 Å². The first-order valence-corrected chi connectivity index (χ1v) is 11.5. The molecule has 1 aliphatic carbocycles. The lowest BCUT2D eigenvalue weighted by Crippen LogP contribution is -3.28. The van der Waals surface area contributed by atoms with Crippen molar-refractivity contribution in [3.63, 3.8) is 0 Å². The van der Waals surface area contributed by atoms with Crippen molar-refractivity contribution in [2.24, 2.45) is 16.7 Å². The number of halogens is 2. The van der Waals surface area contributed by atoms with E-state index in [0.29, 0.717) is 6.54 Å². The molecule has 8 heteroatoms. The highest BCUT2D eigenvalue weighted by Gasteiger charge is 2.64. The Balaban J connectivity index is 0.00000181. The second-order valence-electron chi connectivity index (χ2n) is 10.4. The molecular formula is C24H37Cl2N3O3. The number of likely N-dealkylation sites (tertiary alicyclic amines) is 1. The van der Waals surface area contributed by atoms with Gasteiger partial charge in [-0.2, -0.15) is 0 Å². The fourth-order valence-corrected chi connectivity index (χ4v) is 5.91. The Labute approximate surface area is 204 Å². The summed E-state index contributed by atoms with van der Waals surface area (Å²) in [5.74, 6) is -0.270. The summed E-state index contributed by atoms with van der Waals surface area (Å²) in [5.41, 5.74) is 0.570. The van der Waals surface area contributed by atoms with E-state index in [1.54, 1.807) is 4.90 Å². The molecule has 3 unspecified atom stereocenters. The van der Waals surface area contributed by atoms with Gasteiger partial charge in [-0.1, -0.05) is 51.1 Å². The van der Waals surface area contributed by atoms with Gasteiger partial charge in [-0.25, -0.2) is 0 Å². The van der Waals surface area contributed by atoms with Crippen molar-refractivity contribution in [1.29, 1.82) is 0 Å². The van der Waals surface area contributed by atoms with Crippen molar-refractivity contribution in [2.45, 2.75) is 46.3 Å². The number of carbonyl (C=O) groups is 2. The van der Waals surface area contributed by atoms with E-state index < -0.39 is 11.5 Å². The first-order chi connectivity index (χ1) is 14.2. The van der Waals surface area contributed by atoms with Gasteiger partial charge in [-0.3, -0.25) is 14.5 Å². The van der Waals surface area contributed by atoms with Crippen molar-refractivity contribution in [3.05, 3.63) is 35.9 Å². The lowest BCUT2D eigenvalue weighted by atomic mass is 9.62. The highest BCUT2D eigenvalue weighted by molar-refractivity contribution is 6.03. The fraction of sp³-hybridized carbons (Fsp3) is 0.667. The molecule has 4 rings (SSSR count). The van der Waals surface area contributed by atoms with Gasteiger partial charge in [0.25, 0.3) is 0 Å². The molecule has 6 nitrogen and oxygen atoms in total. The zero-order valence-corrected chi connectivity index (χ0v) is 20.9. The first kappa shape index (κ1) is 27.1. The number of aliphatic hydroxyl groups excluding tert-OH is 1. The molecule has 0 aromatic heterocycles. The summed E-state index contributed by atoms with van der Waals surface area (Å²) in [4.78, 5) is 30.5. The minimum atomic E-state index is -0.659. The van der Waals surface area contributed by atoms with Gasteiger partial charge in [0.05, 0.1) is 12.0 Å². The number of hydrogen-bond acceptors (Lipinski definition) is 3. The second kappa shape index (κ2) is 10.4. The molecule has 2 bridgehead atoms. The van der Waals surface area contributed by atoms with E-state index >= 15 is 0 Å². The number of rotatable bonds is 6. The number of nitrogens with one attached hydrogen (secondary N) is 2. The van der Waals surface area contributed by atoms with E-state index in [1.165, 1.54) is 15.4 Å². The standard InChI is InChI=1S/C24H35N3O3.2ClH/c1-23(2)20-9-10-24(23,3)22(30)27(21(20)29)17-19(28)16-26-13-11-25(12-14-26)15-18-7-5-4-6-8-18;;/h4-8,19-20,28H,9-17H2,1-3H3;2*1H. The number of fused-ring (bicyclic) bond motifs is 2. The smallest absolute Gasteiger partial charge is 0.235 e. The predicted octanol–water partition coefficient (Wildman–Crippen LogP) is -6.85. The molecule has 180 valence electrons. The molecule has 1 aromatic rings. The number of piperazine rings is 1. The second-order valence-corrected chi connectivity index (χ2v) is 10.4. The Morgan fingerprint density at radius 3 is 2.25 bits per heavy atom. The molecule has 2 aliphatic heterocycles. The van der Waals surface area contributed by atoms with Crippen LogP contribution in [0.25, 0.3) is 0 Å². The Bertz CT molecular complexity index is 799. The summed E-state index contributed by atoms with van der Waals surface area (Å²) >= 11 is 0. The van der Waals surface area contributed by atoms with Crippen LogP contribution in [0.1, 0.15) is 39.2 Å². The first-order valence-electron chi connectivity index (χ1n) is 11.5. The topological polar surface area (TPSA) is 66.5 Å². The van der Waals surface area contributed by atoms with Gasteiger partial charge < -0.3 is 39.7 Å². The van der Waals surface area contributed by atoms with Crippen LogP contribution < -0.4 is 34.6 Å². The van der Waals surface area contributed by atoms with Gasteiger partial charge in [-0.05, 0) is 18.3 Å². The number of imide groups is 1. The maximum atomic E-state index is 13.2. The molecule has 3 aliphatic rings. The third-order valence-corrected chi connectivity index (χ3v) is 8.39. The van der Waals surface area contributed by atoms with Gasteiger partial charge in [0.15, 0.2) is 0 Å². The number of β-amino-alcohol motifs (C(OH)–C–C–N with tert-alkyl or cyclic N) is 1. The van der Waals surface area contributed by atoms with Crippen LogP contribution in [0.4, 0.5) is 0 Å². The van der Waals surface area contributed by atoms with E-state index in [4.69, 9.17) is 0 Å². The van der Waals surface area contributed by atoms with Crippen molar-refractivity contribution < 1.29 is 49.3 Å². The van der Waals surface area contributed by atoms with Crippen LogP contribution in [-0.2, 0) is 16.1 Å². The summed E-state index contributed by atoms with van der Waals surface area (Å²) in [7, 11) is 0. The zero-order chi connectivity index (χ0) is 21.5. The van der Waals surface area contributed by atoms with Gasteiger partial charge in [-0.15, -0.1) is 0 Å². The number of amides is 2. The molecule has 3 atom stereocenters. The lowest BCUT2D eigenvalue weighted by molar-refractivity contribution is -1.02. The third-order valence-electron chi connectivity index (χ3n) is 8.39. The normalized spacial score (nSPS) is 32.1. The Morgan fingerprint density at radius 1 is 1.03 bits per heavy atom. The highest BCUT2D eigenvalue weighted by Crippen LogP contribution is 2.59. The molecule has 2 amide bonds. The van der Waals surface area contributed by atoms with Crippen molar-refractivity contribution in [3.8, 4) is 0 Å². The van der Waals surface area contributed by atoms with Crippen molar-refractivity contribution in [1.82, 2.24) is 4.90 Å². The average molecular weight is 486 g/mol. The van der Waals surface area contributed by atoms with Crippen molar-refractivity contribution in [2.75, 3.05) is 39.3 Å². The predicted molar refractivity (Wildman–Crippen MR) is 114 cm³/mol. The van der Waals surface area contributed by atoms with Crippen LogP contribution in [-0.4, -0.2) is 67.2 Å².